The number of benzene rings is 2. The number of hydrogen-bond donors (Lipinski definition) is 1. The third kappa shape index (κ3) is 2.55. The van der Waals surface area contributed by atoms with Crippen LogP contribution < -0.4 is 10.2 Å². The van der Waals surface area contributed by atoms with Gasteiger partial charge in [-0.2, -0.15) is 0 Å². The third-order valence-corrected chi connectivity index (χ3v) is 6.42. The Kier molecular flexibility index (Phi) is 3.82. The molecule has 1 heterocycles. The molecule has 3 aliphatic rings. The Morgan fingerprint density at radius 3 is 2.04 bits per heavy atom. The van der Waals surface area contributed by atoms with Crippen LogP contribution in [0.5, 0.6) is 0 Å². The molecule has 3 fully saturated rings. The molecule has 1 saturated heterocycles. The van der Waals surface area contributed by atoms with Crippen LogP contribution in [-0.2, 0) is 9.59 Å². The highest BCUT2D eigenvalue weighted by molar-refractivity contribution is 6.22. The number of rotatable bonds is 3. The molecule has 4 atom stereocenters. The second kappa shape index (κ2) is 6.26. The molecule has 2 saturated carbocycles. The van der Waals surface area contributed by atoms with Crippen molar-refractivity contribution in [3.8, 4) is 0 Å². The summed E-state index contributed by atoms with van der Waals surface area (Å²) in [6.45, 7) is 0. The molecule has 1 N–H and O–H groups in total. The fourth-order valence-corrected chi connectivity index (χ4v) is 5.16. The summed E-state index contributed by atoms with van der Waals surface area (Å²) < 4.78 is 13.0. The van der Waals surface area contributed by atoms with Gasteiger partial charge in [0.25, 0.3) is 5.91 Å². The maximum absolute atomic E-state index is 13.0. The number of imide groups is 1. The van der Waals surface area contributed by atoms with Gasteiger partial charge in [-0.1, -0.05) is 0 Å². The van der Waals surface area contributed by atoms with E-state index in [-0.39, 0.29) is 35.4 Å². The molecule has 6 heteroatoms. The fraction of sp³-hybridized carbons (Fsp3) is 0.318. The molecular formula is C22H19FN2O3. The Hall–Kier alpha value is -3.02. The van der Waals surface area contributed by atoms with E-state index in [1.165, 1.54) is 29.2 Å². The van der Waals surface area contributed by atoms with E-state index in [0.717, 1.165) is 19.3 Å². The molecule has 5 nitrogen and oxygen atoms in total. The lowest BCUT2D eigenvalue weighted by Gasteiger charge is -2.19. The third-order valence-electron chi connectivity index (χ3n) is 6.42. The van der Waals surface area contributed by atoms with Gasteiger partial charge in [0.2, 0.25) is 11.8 Å². The maximum atomic E-state index is 13.0. The number of amides is 3. The zero-order chi connectivity index (χ0) is 19.4. The Morgan fingerprint density at radius 2 is 1.46 bits per heavy atom. The molecule has 5 rings (SSSR count). The van der Waals surface area contributed by atoms with Crippen LogP contribution in [0.1, 0.15) is 29.6 Å². The van der Waals surface area contributed by atoms with Gasteiger partial charge in [-0.3, -0.25) is 19.3 Å². The predicted octanol–water partition coefficient (Wildman–Crippen LogP) is 3.61. The van der Waals surface area contributed by atoms with Crippen LogP contribution in [0.15, 0.2) is 48.5 Å². The average Bonchev–Trinajstić information content (AvgIpc) is 3.38. The number of fused-ring (bicyclic) bond motifs is 5. The van der Waals surface area contributed by atoms with Gasteiger partial charge in [-0.25, -0.2) is 4.39 Å². The lowest BCUT2D eigenvalue weighted by molar-refractivity contribution is -0.123. The molecule has 0 radical (unpaired) electrons. The number of carbonyl (C=O) groups excluding carboxylic acids is 3. The normalized spacial score (nSPS) is 28.0. The lowest BCUT2D eigenvalue weighted by atomic mass is 9.81. The summed E-state index contributed by atoms with van der Waals surface area (Å²) in [4.78, 5) is 39.4. The zero-order valence-corrected chi connectivity index (χ0v) is 15.1. The van der Waals surface area contributed by atoms with Crippen LogP contribution in [-0.4, -0.2) is 17.7 Å². The minimum atomic E-state index is -0.375. The van der Waals surface area contributed by atoms with Crippen molar-refractivity contribution in [2.45, 2.75) is 19.3 Å². The van der Waals surface area contributed by atoms with Gasteiger partial charge in [0.1, 0.15) is 5.82 Å². The Morgan fingerprint density at radius 1 is 0.893 bits per heavy atom. The van der Waals surface area contributed by atoms with Gasteiger partial charge < -0.3 is 5.32 Å². The summed E-state index contributed by atoms with van der Waals surface area (Å²) in [6.07, 6.45) is 3.09. The molecular weight excluding hydrogens is 359 g/mol. The zero-order valence-electron chi connectivity index (χ0n) is 15.1. The number of anilines is 2. The van der Waals surface area contributed by atoms with Gasteiger partial charge in [0.15, 0.2) is 0 Å². The van der Waals surface area contributed by atoms with Crippen molar-refractivity contribution >= 4 is 29.1 Å². The van der Waals surface area contributed by atoms with Gasteiger partial charge in [0, 0.05) is 11.3 Å². The Labute approximate surface area is 161 Å². The van der Waals surface area contributed by atoms with Crippen molar-refractivity contribution in [3.05, 3.63) is 59.9 Å². The van der Waals surface area contributed by atoms with Crippen molar-refractivity contribution in [2.75, 3.05) is 10.2 Å². The van der Waals surface area contributed by atoms with E-state index in [1.807, 2.05) is 0 Å². The average molecular weight is 378 g/mol. The molecule has 2 aromatic carbocycles. The monoisotopic (exact) mass is 378 g/mol. The van der Waals surface area contributed by atoms with Crippen LogP contribution >= 0.6 is 0 Å². The minimum absolute atomic E-state index is 0.0919. The molecule has 0 aromatic heterocycles. The van der Waals surface area contributed by atoms with Crippen LogP contribution in [0.2, 0.25) is 0 Å². The molecule has 2 aromatic rings. The molecule has 3 amide bonds. The summed E-state index contributed by atoms with van der Waals surface area (Å²) >= 11 is 0. The second-order valence-corrected chi connectivity index (χ2v) is 7.90. The molecule has 1 aliphatic heterocycles. The van der Waals surface area contributed by atoms with Gasteiger partial charge in [-0.15, -0.1) is 0 Å². The molecule has 0 spiro atoms. The van der Waals surface area contributed by atoms with Crippen molar-refractivity contribution in [3.63, 3.8) is 0 Å². The lowest BCUT2D eigenvalue weighted by Crippen LogP contribution is -2.32. The van der Waals surface area contributed by atoms with Gasteiger partial charge >= 0.3 is 0 Å². The topological polar surface area (TPSA) is 66.5 Å². The summed E-state index contributed by atoms with van der Waals surface area (Å²) in [7, 11) is 0. The predicted molar refractivity (Wildman–Crippen MR) is 101 cm³/mol. The first kappa shape index (κ1) is 17.1. The van der Waals surface area contributed by atoms with Crippen molar-refractivity contribution in [1.29, 1.82) is 0 Å². The second-order valence-electron chi connectivity index (χ2n) is 7.90. The van der Waals surface area contributed by atoms with Crippen molar-refractivity contribution in [2.24, 2.45) is 23.7 Å². The molecule has 2 aliphatic carbocycles. The Balaban J connectivity index is 1.34. The van der Waals surface area contributed by atoms with Crippen molar-refractivity contribution < 1.29 is 18.8 Å². The van der Waals surface area contributed by atoms with Crippen molar-refractivity contribution in [1.82, 2.24) is 0 Å². The van der Waals surface area contributed by atoms with E-state index >= 15 is 0 Å². The highest BCUT2D eigenvalue weighted by Gasteiger charge is 2.61. The van der Waals surface area contributed by atoms with E-state index in [0.29, 0.717) is 28.8 Å². The standard InChI is InChI=1S/C22H19FN2O3/c23-15-5-7-16(8-6-15)24-20(26)12-3-9-17(10-4-12)25-21(27)18-13-1-2-14(11-13)19(18)22(25)28/h3-10,13-14,18-19H,1-2,11H2,(H,24,26)/t13-,14+,18-,19+. The molecule has 142 valence electrons. The Bertz CT molecular complexity index is 942. The van der Waals surface area contributed by atoms with Crippen LogP contribution in [0, 0.1) is 29.5 Å². The first-order chi connectivity index (χ1) is 13.5. The molecule has 2 bridgehead atoms. The number of nitrogens with zero attached hydrogens (tertiary/aromatic N) is 1. The minimum Gasteiger partial charge on any atom is -0.322 e. The maximum Gasteiger partial charge on any atom is 0.255 e. The van der Waals surface area contributed by atoms with Crippen LogP contribution in [0.4, 0.5) is 15.8 Å². The van der Waals surface area contributed by atoms with E-state index in [9.17, 15) is 18.8 Å². The van der Waals surface area contributed by atoms with Crippen LogP contribution in [0.25, 0.3) is 0 Å². The smallest absolute Gasteiger partial charge is 0.255 e. The summed E-state index contributed by atoms with van der Waals surface area (Å²) in [6, 6.07) is 12.0. The summed E-state index contributed by atoms with van der Waals surface area (Å²) in [5.74, 6) is -0.529. The van der Waals surface area contributed by atoms with Gasteiger partial charge in [-0.05, 0) is 79.6 Å². The number of hydrogen-bond acceptors (Lipinski definition) is 3. The van der Waals surface area contributed by atoms with Crippen LogP contribution in [0.3, 0.4) is 0 Å². The summed E-state index contributed by atoms with van der Waals surface area (Å²) in [5, 5.41) is 2.69. The highest BCUT2D eigenvalue weighted by Crippen LogP contribution is 2.56. The van der Waals surface area contributed by atoms with E-state index in [2.05, 4.69) is 5.32 Å². The molecule has 28 heavy (non-hydrogen) atoms. The van der Waals surface area contributed by atoms with E-state index in [1.54, 1.807) is 24.3 Å². The van der Waals surface area contributed by atoms with E-state index < -0.39 is 0 Å². The first-order valence-corrected chi connectivity index (χ1v) is 9.58. The largest absolute Gasteiger partial charge is 0.322 e. The number of nitrogens with one attached hydrogen (secondary N) is 1. The molecule has 0 unspecified atom stereocenters. The van der Waals surface area contributed by atoms with E-state index in [4.69, 9.17) is 0 Å². The first-order valence-electron chi connectivity index (χ1n) is 9.58. The van der Waals surface area contributed by atoms with Gasteiger partial charge in [0.05, 0.1) is 17.5 Å². The fourth-order valence-electron chi connectivity index (χ4n) is 5.16. The summed E-state index contributed by atoms with van der Waals surface area (Å²) in [5.41, 5.74) is 1.40. The highest BCUT2D eigenvalue weighted by atomic mass is 19.1. The number of carbonyl (C=O) groups is 3. The quantitative estimate of drug-likeness (QED) is 0.830. The number of halogens is 1. The SMILES string of the molecule is O=C(Nc1ccc(F)cc1)c1ccc(N2C(=O)[C@@H]3[C@@H]4CC[C@@H](C4)[C@@H]3C2=O)cc1.